The highest BCUT2D eigenvalue weighted by Gasteiger charge is 2.66. The van der Waals surface area contributed by atoms with Gasteiger partial charge in [0.1, 0.15) is 17.8 Å². The highest BCUT2D eigenvalue weighted by Crippen LogP contribution is 2.55. The van der Waals surface area contributed by atoms with Gasteiger partial charge in [-0.05, 0) is 43.5 Å². The van der Waals surface area contributed by atoms with Crippen molar-refractivity contribution in [3.05, 3.63) is 107 Å². The Morgan fingerprint density at radius 1 is 1.02 bits per heavy atom. The Balaban J connectivity index is 1.44. The Morgan fingerprint density at radius 2 is 1.74 bits per heavy atom. The molecule has 1 fully saturated rings. The Morgan fingerprint density at radius 3 is 2.38 bits per heavy atom. The summed E-state index contributed by atoms with van der Waals surface area (Å²) in [6.07, 6.45) is -2.10. The maximum absolute atomic E-state index is 14.0. The zero-order valence-electron chi connectivity index (χ0n) is 25.7. The molecule has 2 aromatic carbocycles. The molecule has 6 rings (SSSR count). The normalized spacial score (nSPS) is 14.7. The Kier molecular flexibility index (Phi) is 7.80. The van der Waals surface area contributed by atoms with Crippen molar-refractivity contribution < 1.29 is 17.6 Å². The predicted molar refractivity (Wildman–Crippen MR) is 167 cm³/mol. The summed E-state index contributed by atoms with van der Waals surface area (Å²) in [4.78, 5) is 8.32. The number of hydrogen-bond acceptors (Lipinski definition) is 8. The SMILES string of the molecule is Cc1nc(F)ccc1C(Nc1cc(C#N)c2ncc(C#N)c(NCC(C)(C)c3ccccc3)c2c1)c1cn(C2(C(F)(F)F)CC2)nn1. The van der Waals surface area contributed by atoms with E-state index in [1.165, 1.54) is 18.5 Å². The lowest BCUT2D eigenvalue weighted by Gasteiger charge is -2.27. The molecular weight excluding hydrogens is 610 g/mol. The van der Waals surface area contributed by atoms with E-state index in [2.05, 4.69) is 56.9 Å². The Labute approximate surface area is 267 Å². The molecule has 238 valence electrons. The van der Waals surface area contributed by atoms with Crippen LogP contribution in [0.2, 0.25) is 0 Å². The molecule has 1 atom stereocenters. The van der Waals surface area contributed by atoms with Gasteiger partial charge in [-0.15, -0.1) is 5.10 Å². The molecule has 1 aliphatic carbocycles. The molecule has 5 aromatic rings. The summed E-state index contributed by atoms with van der Waals surface area (Å²) in [5, 5.41) is 35.2. The van der Waals surface area contributed by atoms with Crippen LogP contribution in [0.4, 0.5) is 28.9 Å². The molecule has 0 aliphatic heterocycles. The van der Waals surface area contributed by atoms with E-state index in [4.69, 9.17) is 0 Å². The molecule has 2 N–H and O–H groups in total. The third-order valence-electron chi connectivity index (χ3n) is 8.69. The predicted octanol–water partition coefficient (Wildman–Crippen LogP) is 7.05. The number of aryl methyl sites for hydroxylation is 1. The number of halogens is 4. The fourth-order valence-corrected chi connectivity index (χ4v) is 5.75. The molecule has 13 heteroatoms. The maximum atomic E-state index is 14.0. The summed E-state index contributed by atoms with van der Waals surface area (Å²) >= 11 is 0. The topological polar surface area (TPSA) is 128 Å². The number of fused-ring (bicyclic) bond motifs is 1. The molecular formula is C34H29F4N9. The minimum Gasteiger partial charge on any atom is -0.383 e. The van der Waals surface area contributed by atoms with E-state index in [1.807, 2.05) is 30.3 Å². The minimum absolute atomic E-state index is 0.115. The van der Waals surface area contributed by atoms with Crippen LogP contribution in [-0.4, -0.2) is 37.7 Å². The Bertz CT molecular complexity index is 2050. The van der Waals surface area contributed by atoms with Crippen molar-refractivity contribution in [1.29, 1.82) is 10.5 Å². The number of pyridine rings is 2. The van der Waals surface area contributed by atoms with E-state index in [0.29, 0.717) is 34.4 Å². The number of rotatable bonds is 9. The molecule has 47 heavy (non-hydrogen) atoms. The van der Waals surface area contributed by atoms with Gasteiger partial charge >= 0.3 is 6.18 Å². The van der Waals surface area contributed by atoms with E-state index < -0.39 is 23.7 Å². The molecule has 0 radical (unpaired) electrons. The molecule has 3 heterocycles. The fraction of sp³-hybridized carbons (Fsp3) is 0.294. The first-order chi connectivity index (χ1) is 22.4. The summed E-state index contributed by atoms with van der Waals surface area (Å²) in [6, 6.07) is 19.2. The van der Waals surface area contributed by atoms with Crippen LogP contribution >= 0.6 is 0 Å². The standard InChI is InChI=1S/C34H29F4N9/c1-20-25(9-10-28(35)43-20)31(27-18-47(46-45-27)33(11-12-33)34(36,37)38)44-24-13-21(15-39)29-26(14-24)30(22(16-40)17-41-29)42-19-32(2,3)23-7-5-4-6-8-23/h4-10,13-14,17-18,31,44H,11-12,19H2,1-3H3,(H,41,42). The number of hydrogen-bond donors (Lipinski definition) is 2. The Hall–Kier alpha value is -5.56. The number of benzene rings is 2. The van der Waals surface area contributed by atoms with Crippen molar-refractivity contribution in [2.24, 2.45) is 0 Å². The van der Waals surface area contributed by atoms with Gasteiger partial charge in [-0.25, -0.2) is 9.67 Å². The minimum atomic E-state index is -4.52. The molecule has 1 unspecified atom stereocenters. The van der Waals surface area contributed by atoms with Gasteiger partial charge in [0.25, 0.3) is 0 Å². The average Bonchev–Trinajstić information content (AvgIpc) is 3.73. The second-order valence-electron chi connectivity index (χ2n) is 12.3. The number of nitriles is 2. The highest BCUT2D eigenvalue weighted by atomic mass is 19.4. The van der Waals surface area contributed by atoms with Crippen molar-refractivity contribution in [3.8, 4) is 12.1 Å². The molecule has 1 aliphatic rings. The molecule has 9 nitrogen and oxygen atoms in total. The van der Waals surface area contributed by atoms with Gasteiger partial charge in [0.15, 0.2) is 5.54 Å². The lowest BCUT2D eigenvalue weighted by atomic mass is 9.84. The fourth-order valence-electron chi connectivity index (χ4n) is 5.75. The van der Waals surface area contributed by atoms with Gasteiger partial charge < -0.3 is 10.6 Å². The number of alkyl halides is 3. The summed E-state index contributed by atoms with van der Waals surface area (Å²) in [5.41, 5.74) is 1.19. The van der Waals surface area contributed by atoms with Gasteiger partial charge in [0.2, 0.25) is 5.95 Å². The van der Waals surface area contributed by atoms with Crippen LogP contribution in [0.3, 0.4) is 0 Å². The monoisotopic (exact) mass is 639 g/mol. The largest absolute Gasteiger partial charge is 0.413 e. The average molecular weight is 640 g/mol. The first kappa shape index (κ1) is 31.4. The van der Waals surface area contributed by atoms with Crippen LogP contribution in [0.25, 0.3) is 10.9 Å². The lowest BCUT2D eigenvalue weighted by molar-refractivity contribution is -0.182. The van der Waals surface area contributed by atoms with Crippen LogP contribution in [0.1, 0.15) is 66.4 Å². The van der Waals surface area contributed by atoms with Crippen LogP contribution in [0.15, 0.2) is 67.0 Å². The number of nitrogens with zero attached hydrogens (tertiary/aromatic N) is 7. The molecule has 0 saturated heterocycles. The summed E-state index contributed by atoms with van der Waals surface area (Å²) in [7, 11) is 0. The van der Waals surface area contributed by atoms with Crippen molar-refractivity contribution in [3.63, 3.8) is 0 Å². The van der Waals surface area contributed by atoms with Gasteiger partial charge in [-0.3, -0.25) is 4.98 Å². The van der Waals surface area contributed by atoms with E-state index >= 15 is 0 Å². The van der Waals surface area contributed by atoms with Crippen molar-refractivity contribution in [2.45, 2.75) is 56.8 Å². The molecule has 0 bridgehead atoms. The van der Waals surface area contributed by atoms with E-state index in [-0.39, 0.29) is 40.8 Å². The highest BCUT2D eigenvalue weighted by molar-refractivity contribution is 5.99. The summed E-state index contributed by atoms with van der Waals surface area (Å²) < 4.78 is 56.6. The lowest BCUT2D eigenvalue weighted by Crippen LogP contribution is -2.35. The molecule has 1 saturated carbocycles. The zero-order chi connectivity index (χ0) is 33.6. The molecule has 0 amide bonds. The smallest absolute Gasteiger partial charge is 0.383 e. The summed E-state index contributed by atoms with van der Waals surface area (Å²) in [6.45, 7) is 6.16. The molecule has 0 spiro atoms. The van der Waals surface area contributed by atoms with Gasteiger partial charge in [-0.2, -0.15) is 28.1 Å². The van der Waals surface area contributed by atoms with E-state index in [1.54, 1.807) is 19.1 Å². The first-order valence-electron chi connectivity index (χ1n) is 14.8. The third-order valence-corrected chi connectivity index (χ3v) is 8.69. The number of anilines is 2. The van der Waals surface area contributed by atoms with E-state index in [0.717, 1.165) is 16.3 Å². The summed E-state index contributed by atoms with van der Waals surface area (Å²) in [5.74, 6) is -0.718. The van der Waals surface area contributed by atoms with Crippen LogP contribution < -0.4 is 10.6 Å². The van der Waals surface area contributed by atoms with Crippen molar-refractivity contribution >= 4 is 22.3 Å². The first-order valence-corrected chi connectivity index (χ1v) is 14.8. The van der Waals surface area contributed by atoms with Gasteiger partial charge in [0.05, 0.1) is 34.6 Å². The van der Waals surface area contributed by atoms with Crippen LogP contribution in [0.5, 0.6) is 0 Å². The van der Waals surface area contributed by atoms with Crippen molar-refractivity contribution in [2.75, 3.05) is 17.2 Å². The quantitative estimate of drug-likeness (QED) is 0.130. The number of nitrogens with one attached hydrogen (secondary N) is 2. The van der Waals surface area contributed by atoms with Crippen LogP contribution in [0, 0.1) is 35.5 Å². The van der Waals surface area contributed by atoms with E-state index in [9.17, 15) is 28.1 Å². The second kappa shape index (κ2) is 11.7. The third kappa shape index (κ3) is 5.81. The number of aromatic nitrogens is 5. The van der Waals surface area contributed by atoms with Gasteiger partial charge in [0, 0.05) is 40.5 Å². The van der Waals surface area contributed by atoms with Gasteiger partial charge in [-0.1, -0.05) is 55.5 Å². The second-order valence-corrected chi connectivity index (χ2v) is 12.3. The van der Waals surface area contributed by atoms with Crippen molar-refractivity contribution in [1.82, 2.24) is 25.0 Å². The molecule has 3 aromatic heterocycles. The maximum Gasteiger partial charge on any atom is 0.413 e. The van der Waals surface area contributed by atoms with Crippen LogP contribution in [-0.2, 0) is 11.0 Å². The zero-order valence-corrected chi connectivity index (χ0v) is 25.7.